The van der Waals surface area contributed by atoms with Crippen molar-refractivity contribution in [3.05, 3.63) is 51.3 Å². The Balaban J connectivity index is 1.54. The summed E-state index contributed by atoms with van der Waals surface area (Å²) in [7, 11) is 0. The van der Waals surface area contributed by atoms with Crippen molar-refractivity contribution in [3.8, 4) is 0 Å². The molecule has 25 heavy (non-hydrogen) atoms. The summed E-state index contributed by atoms with van der Waals surface area (Å²) in [5.74, 6) is 0.258. The first-order chi connectivity index (χ1) is 11.9. The number of halogens is 2. The van der Waals surface area contributed by atoms with Gasteiger partial charge in [-0.05, 0) is 38.0 Å². The van der Waals surface area contributed by atoms with Crippen molar-refractivity contribution >= 4 is 35.0 Å². The number of carbonyl (C=O) groups is 2. The number of nitrogens with one attached hydrogen (secondary N) is 1. The number of carbonyl (C=O) groups excluding carboxylic acids is 2. The second kappa shape index (κ2) is 7.45. The molecule has 0 bridgehead atoms. The average molecular weight is 382 g/mol. The summed E-state index contributed by atoms with van der Waals surface area (Å²) in [6.45, 7) is 2.85. The lowest BCUT2D eigenvalue weighted by Crippen LogP contribution is -2.46. The SMILES string of the molecule is Cc1cc(C(=O)N2CCC(NC(=O)c3ccc(Cl)c(Cl)c3)CC2)no1. The van der Waals surface area contributed by atoms with Crippen molar-refractivity contribution in [3.63, 3.8) is 0 Å². The van der Waals surface area contributed by atoms with Gasteiger partial charge in [0.1, 0.15) is 5.76 Å². The van der Waals surface area contributed by atoms with E-state index in [0.717, 1.165) is 0 Å². The lowest BCUT2D eigenvalue weighted by molar-refractivity contribution is 0.0688. The molecule has 2 amide bonds. The molecule has 1 aliphatic heterocycles. The topological polar surface area (TPSA) is 75.4 Å². The molecule has 1 aromatic heterocycles. The Bertz CT molecular complexity index is 798. The highest BCUT2D eigenvalue weighted by Crippen LogP contribution is 2.23. The van der Waals surface area contributed by atoms with E-state index in [1.54, 1.807) is 36.1 Å². The molecule has 0 saturated carbocycles. The minimum absolute atomic E-state index is 0.00467. The molecular formula is C17H17Cl2N3O3. The molecule has 0 atom stereocenters. The average Bonchev–Trinajstić information content (AvgIpc) is 3.04. The Morgan fingerprint density at radius 2 is 1.92 bits per heavy atom. The fraction of sp³-hybridized carbons (Fsp3) is 0.353. The predicted octanol–water partition coefficient (Wildman–Crippen LogP) is 3.32. The molecule has 0 unspecified atom stereocenters. The van der Waals surface area contributed by atoms with Gasteiger partial charge in [0.15, 0.2) is 5.69 Å². The second-order valence-electron chi connectivity index (χ2n) is 5.99. The monoisotopic (exact) mass is 381 g/mol. The molecule has 1 fully saturated rings. The first-order valence-electron chi connectivity index (χ1n) is 7.92. The Morgan fingerprint density at radius 1 is 1.20 bits per heavy atom. The number of nitrogens with zero attached hydrogens (tertiary/aromatic N) is 2. The first kappa shape index (κ1) is 17.8. The standard InChI is InChI=1S/C17H17Cl2N3O3/c1-10-8-15(21-25-10)17(24)22-6-4-12(5-7-22)20-16(23)11-2-3-13(18)14(19)9-11/h2-3,8-9,12H,4-7H2,1H3,(H,20,23). The molecule has 0 spiro atoms. The maximum Gasteiger partial charge on any atom is 0.276 e. The van der Waals surface area contributed by atoms with Gasteiger partial charge in [0, 0.05) is 30.8 Å². The third kappa shape index (κ3) is 4.14. The zero-order valence-corrected chi connectivity index (χ0v) is 15.1. The van der Waals surface area contributed by atoms with E-state index in [1.807, 2.05) is 0 Å². The molecule has 6 nitrogen and oxygen atoms in total. The minimum Gasteiger partial charge on any atom is -0.361 e. The van der Waals surface area contributed by atoms with Gasteiger partial charge in [-0.25, -0.2) is 0 Å². The van der Waals surface area contributed by atoms with Crippen molar-refractivity contribution in [1.82, 2.24) is 15.4 Å². The van der Waals surface area contributed by atoms with Gasteiger partial charge in [-0.2, -0.15) is 0 Å². The normalized spacial score (nSPS) is 15.2. The van der Waals surface area contributed by atoms with Crippen LogP contribution in [0.1, 0.15) is 39.4 Å². The highest BCUT2D eigenvalue weighted by molar-refractivity contribution is 6.42. The fourth-order valence-electron chi connectivity index (χ4n) is 2.76. The van der Waals surface area contributed by atoms with Crippen LogP contribution in [0.3, 0.4) is 0 Å². The van der Waals surface area contributed by atoms with Gasteiger partial charge in [-0.3, -0.25) is 9.59 Å². The summed E-state index contributed by atoms with van der Waals surface area (Å²) in [6.07, 6.45) is 1.35. The van der Waals surface area contributed by atoms with Crippen LogP contribution in [0.4, 0.5) is 0 Å². The van der Waals surface area contributed by atoms with Crippen molar-refractivity contribution in [2.45, 2.75) is 25.8 Å². The van der Waals surface area contributed by atoms with Gasteiger partial charge in [0.05, 0.1) is 10.0 Å². The molecular weight excluding hydrogens is 365 g/mol. The molecule has 0 radical (unpaired) electrons. The molecule has 8 heteroatoms. The number of likely N-dealkylation sites (tertiary alicyclic amines) is 1. The van der Waals surface area contributed by atoms with Gasteiger partial charge in [0.2, 0.25) is 0 Å². The number of piperidine rings is 1. The zero-order chi connectivity index (χ0) is 18.0. The third-order valence-corrected chi connectivity index (χ3v) is 4.89. The number of hydrogen-bond donors (Lipinski definition) is 1. The Kier molecular flexibility index (Phi) is 5.30. The Hall–Kier alpha value is -2.05. The van der Waals surface area contributed by atoms with Crippen molar-refractivity contribution in [1.29, 1.82) is 0 Å². The lowest BCUT2D eigenvalue weighted by atomic mass is 10.0. The van der Waals surface area contributed by atoms with Crippen LogP contribution >= 0.6 is 23.2 Å². The summed E-state index contributed by atoms with van der Waals surface area (Å²) in [4.78, 5) is 26.3. The number of hydrogen-bond acceptors (Lipinski definition) is 4. The van der Waals surface area contributed by atoms with Crippen LogP contribution in [0.15, 0.2) is 28.8 Å². The molecule has 1 N–H and O–H groups in total. The number of amides is 2. The highest BCUT2D eigenvalue weighted by Gasteiger charge is 2.26. The molecule has 1 saturated heterocycles. The van der Waals surface area contributed by atoms with E-state index in [1.165, 1.54) is 0 Å². The van der Waals surface area contributed by atoms with Crippen LogP contribution in [-0.4, -0.2) is 41.0 Å². The smallest absolute Gasteiger partial charge is 0.276 e. The number of aryl methyl sites for hydroxylation is 1. The highest BCUT2D eigenvalue weighted by atomic mass is 35.5. The second-order valence-corrected chi connectivity index (χ2v) is 6.81. The third-order valence-electron chi connectivity index (χ3n) is 4.15. The van der Waals surface area contributed by atoms with E-state index in [4.69, 9.17) is 27.7 Å². The van der Waals surface area contributed by atoms with E-state index in [9.17, 15) is 9.59 Å². The van der Waals surface area contributed by atoms with E-state index in [2.05, 4.69) is 10.5 Å². The Labute approximate surface area is 155 Å². The van der Waals surface area contributed by atoms with E-state index in [0.29, 0.717) is 53.0 Å². The molecule has 3 rings (SSSR count). The quantitative estimate of drug-likeness (QED) is 0.884. The van der Waals surface area contributed by atoms with Gasteiger partial charge in [-0.1, -0.05) is 28.4 Å². The number of rotatable bonds is 3. The summed E-state index contributed by atoms with van der Waals surface area (Å²) < 4.78 is 4.94. The van der Waals surface area contributed by atoms with Gasteiger partial charge in [0.25, 0.3) is 11.8 Å². The van der Waals surface area contributed by atoms with Crippen LogP contribution < -0.4 is 5.32 Å². The van der Waals surface area contributed by atoms with Gasteiger partial charge < -0.3 is 14.7 Å². The van der Waals surface area contributed by atoms with E-state index < -0.39 is 0 Å². The first-order valence-corrected chi connectivity index (χ1v) is 8.68. The summed E-state index contributed by atoms with van der Waals surface area (Å²) >= 11 is 11.8. The molecule has 1 aromatic carbocycles. The maximum atomic E-state index is 12.3. The summed E-state index contributed by atoms with van der Waals surface area (Å²) in [5, 5.41) is 7.48. The van der Waals surface area contributed by atoms with Crippen LogP contribution in [0.25, 0.3) is 0 Å². The van der Waals surface area contributed by atoms with E-state index in [-0.39, 0.29) is 17.9 Å². The number of aromatic nitrogens is 1. The predicted molar refractivity (Wildman–Crippen MR) is 94.1 cm³/mol. The summed E-state index contributed by atoms with van der Waals surface area (Å²) in [6, 6.07) is 6.41. The zero-order valence-electron chi connectivity index (χ0n) is 13.6. The van der Waals surface area contributed by atoms with Crippen LogP contribution in [0.5, 0.6) is 0 Å². The van der Waals surface area contributed by atoms with E-state index >= 15 is 0 Å². The van der Waals surface area contributed by atoms with Crippen molar-refractivity contribution in [2.24, 2.45) is 0 Å². The molecule has 132 valence electrons. The van der Waals surface area contributed by atoms with Crippen molar-refractivity contribution in [2.75, 3.05) is 13.1 Å². The largest absolute Gasteiger partial charge is 0.361 e. The number of benzene rings is 1. The van der Waals surface area contributed by atoms with Crippen molar-refractivity contribution < 1.29 is 14.1 Å². The summed E-state index contributed by atoms with van der Waals surface area (Å²) in [5.41, 5.74) is 0.779. The Morgan fingerprint density at radius 3 is 2.52 bits per heavy atom. The van der Waals surface area contributed by atoms with Gasteiger partial charge in [-0.15, -0.1) is 0 Å². The minimum atomic E-state index is -0.199. The maximum absolute atomic E-state index is 12.3. The lowest BCUT2D eigenvalue weighted by Gasteiger charge is -2.31. The molecule has 1 aliphatic rings. The van der Waals surface area contributed by atoms with Crippen LogP contribution in [0.2, 0.25) is 10.0 Å². The molecule has 2 heterocycles. The fourth-order valence-corrected chi connectivity index (χ4v) is 3.06. The molecule has 0 aliphatic carbocycles. The van der Waals surface area contributed by atoms with Gasteiger partial charge >= 0.3 is 0 Å². The molecule has 2 aromatic rings. The van der Waals surface area contributed by atoms with Crippen LogP contribution in [0, 0.1) is 6.92 Å². The van der Waals surface area contributed by atoms with Crippen LogP contribution in [-0.2, 0) is 0 Å².